The van der Waals surface area contributed by atoms with E-state index in [-0.39, 0.29) is 23.8 Å². The standard InChI is InChI=1S/C18H25N3O2/c19-17(22)15-8-11-20(12-9-15)18(23)16-7-4-10-21(16)13-14-5-2-1-3-6-14/h1-3,5-6,15-16H,4,7-13H2,(H2,19,22). The van der Waals surface area contributed by atoms with Gasteiger partial charge in [-0.15, -0.1) is 0 Å². The van der Waals surface area contributed by atoms with Gasteiger partial charge in [0.2, 0.25) is 11.8 Å². The largest absolute Gasteiger partial charge is 0.369 e. The van der Waals surface area contributed by atoms with Gasteiger partial charge in [0.25, 0.3) is 0 Å². The van der Waals surface area contributed by atoms with E-state index in [0.29, 0.717) is 25.9 Å². The summed E-state index contributed by atoms with van der Waals surface area (Å²) in [6.07, 6.45) is 3.40. The van der Waals surface area contributed by atoms with Crippen molar-refractivity contribution < 1.29 is 9.59 Å². The second kappa shape index (κ2) is 7.13. The van der Waals surface area contributed by atoms with Crippen LogP contribution in [0.1, 0.15) is 31.2 Å². The first-order chi connectivity index (χ1) is 11.1. The number of amides is 2. The van der Waals surface area contributed by atoms with Crippen LogP contribution in [0.4, 0.5) is 0 Å². The Morgan fingerprint density at radius 2 is 1.74 bits per heavy atom. The van der Waals surface area contributed by atoms with Gasteiger partial charge in [-0.2, -0.15) is 0 Å². The fourth-order valence-electron chi connectivity index (χ4n) is 3.71. The van der Waals surface area contributed by atoms with E-state index >= 15 is 0 Å². The van der Waals surface area contributed by atoms with E-state index in [1.807, 2.05) is 23.1 Å². The van der Waals surface area contributed by atoms with Crippen LogP contribution in [0, 0.1) is 5.92 Å². The number of nitrogens with two attached hydrogens (primary N) is 1. The highest BCUT2D eigenvalue weighted by Crippen LogP contribution is 2.24. The Kier molecular flexibility index (Phi) is 4.96. The van der Waals surface area contributed by atoms with Crippen molar-refractivity contribution in [3.05, 3.63) is 35.9 Å². The van der Waals surface area contributed by atoms with Gasteiger partial charge in [0.05, 0.1) is 6.04 Å². The summed E-state index contributed by atoms with van der Waals surface area (Å²) in [7, 11) is 0. The van der Waals surface area contributed by atoms with Crippen molar-refractivity contribution in [1.82, 2.24) is 9.80 Å². The molecule has 1 aromatic rings. The Bertz CT molecular complexity index is 553. The highest BCUT2D eigenvalue weighted by molar-refractivity contribution is 5.83. The van der Waals surface area contributed by atoms with Gasteiger partial charge < -0.3 is 10.6 Å². The van der Waals surface area contributed by atoms with E-state index in [1.165, 1.54) is 5.56 Å². The number of benzene rings is 1. The van der Waals surface area contributed by atoms with Gasteiger partial charge in [-0.3, -0.25) is 14.5 Å². The quantitative estimate of drug-likeness (QED) is 0.912. The summed E-state index contributed by atoms with van der Waals surface area (Å²) in [5.41, 5.74) is 6.62. The zero-order valence-electron chi connectivity index (χ0n) is 13.5. The lowest BCUT2D eigenvalue weighted by Gasteiger charge is -2.34. The maximum atomic E-state index is 12.8. The first-order valence-corrected chi connectivity index (χ1v) is 8.51. The smallest absolute Gasteiger partial charge is 0.239 e. The average molecular weight is 315 g/mol. The molecule has 0 bridgehead atoms. The Hall–Kier alpha value is -1.88. The highest BCUT2D eigenvalue weighted by Gasteiger charge is 2.35. The number of likely N-dealkylation sites (tertiary alicyclic amines) is 2. The molecule has 0 aliphatic carbocycles. The molecule has 23 heavy (non-hydrogen) atoms. The molecule has 2 heterocycles. The van der Waals surface area contributed by atoms with Gasteiger partial charge in [-0.1, -0.05) is 30.3 Å². The molecule has 3 rings (SSSR count). The summed E-state index contributed by atoms with van der Waals surface area (Å²) in [6, 6.07) is 10.3. The predicted octanol–water partition coefficient (Wildman–Crippen LogP) is 1.37. The lowest BCUT2D eigenvalue weighted by atomic mass is 9.95. The van der Waals surface area contributed by atoms with Gasteiger partial charge in [0, 0.05) is 25.6 Å². The fraction of sp³-hybridized carbons (Fsp3) is 0.556. The molecule has 2 aliphatic heterocycles. The predicted molar refractivity (Wildman–Crippen MR) is 88.4 cm³/mol. The van der Waals surface area contributed by atoms with E-state index in [1.54, 1.807) is 0 Å². The molecule has 124 valence electrons. The van der Waals surface area contributed by atoms with E-state index < -0.39 is 0 Å². The molecular weight excluding hydrogens is 290 g/mol. The number of hydrogen-bond acceptors (Lipinski definition) is 3. The number of rotatable bonds is 4. The SMILES string of the molecule is NC(=O)C1CCN(C(=O)C2CCCN2Cc2ccccc2)CC1. The number of hydrogen-bond donors (Lipinski definition) is 1. The summed E-state index contributed by atoms with van der Waals surface area (Å²) in [4.78, 5) is 28.3. The third-order valence-electron chi connectivity index (χ3n) is 5.09. The maximum Gasteiger partial charge on any atom is 0.239 e. The molecular formula is C18H25N3O2. The highest BCUT2D eigenvalue weighted by atomic mass is 16.2. The molecule has 2 aliphatic rings. The van der Waals surface area contributed by atoms with Crippen LogP contribution >= 0.6 is 0 Å². The van der Waals surface area contributed by atoms with Gasteiger partial charge in [0.1, 0.15) is 0 Å². The molecule has 1 atom stereocenters. The van der Waals surface area contributed by atoms with Crippen molar-refractivity contribution in [3.8, 4) is 0 Å². The minimum atomic E-state index is -0.233. The van der Waals surface area contributed by atoms with E-state index in [2.05, 4.69) is 17.0 Å². The van der Waals surface area contributed by atoms with Crippen LogP contribution in [-0.2, 0) is 16.1 Å². The van der Waals surface area contributed by atoms with Gasteiger partial charge in [-0.05, 0) is 37.8 Å². The second-order valence-corrected chi connectivity index (χ2v) is 6.62. The van der Waals surface area contributed by atoms with Crippen molar-refractivity contribution in [2.75, 3.05) is 19.6 Å². The maximum absolute atomic E-state index is 12.8. The summed E-state index contributed by atoms with van der Waals surface area (Å²) in [5.74, 6) is -0.0759. The minimum absolute atomic E-state index is 0.0136. The topological polar surface area (TPSA) is 66.6 Å². The Morgan fingerprint density at radius 3 is 2.39 bits per heavy atom. The molecule has 2 N–H and O–H groups in total. The molecule has 5 nitrogen and oxygen atoms in total. The van der Waals surface area contributed by atoms with Gasteiger partial charge in [0.15, 0.2) is 0 Å². The van der Waals surface area contributed by atoms with Crippen LogP contribution < -0.4 is 5.73 Å². The molecule has 0 aromatic heterocycles. The van der Waals surface area contributed by atoms with Gasteiger partial charge in [-0.25, -0.2) is 0 Å². The van der Waals surface area contributed by atoms with E-state index in [9.17, 15) is 9.59 Å². The Morgan fingerprint density at radius 1 is 1.04 bits per heavy atom. The number of piperidine rings is 1. The monoisotopic (exact) mass is 315 g/mol. The summed E-state index contributed by atoms with van der Waals surface area (Å²) < 4.78 is 0. The molecule has 0 radical (unpaired) electrons. The molecule has 0 saturated carbocycles. The number of primary amides is 1. The normalized spacial score (nSPS) is 23.1. The zero-order valence-corrected chi connectivity index (χ0v) is 13.5. The zero-order chi connectivity index (χ0) is 16.2. The third-order valence-corrected chi connectivity index (χ3v) is 5.09. The second-order valence-electron chi connectivity index (χ2n) is 6.62. The minimum Gasteiger partial charge on any atom is -0.369 e. The fourth-order valence-corrected chi connectivity index (χ4v) is 3.71. The lowest BCUT2D eigenvalue weighted by Crippen LogP contribution is -2.49. The molecule has 5 heteroatoms. The van der Waals surface area contributed by atoms with Crippen LogP contribution in [0.5, 0.6) is 0 Å². The number of carbonyl (C=O) groups is 2. The summed E-state index contributed by atoms with van der Waals surface area (Å²) >= 11 is 0. The average Bonchev–Trinajstić information content (AvgIpc) is 3.03. The van der Waals surface area contributed by atoms with Crippen LogP contribution in [0.15, 0.2) is 30.3 Å². The van der Waals surface area contributed by atoms with Crippen LogP contribution in [0.3, 0.4) is 0 Å². The Balaban J connectivity index is 1.59. The van der Waals surface area contributed by atoms with Crippen molar-refractivity contribution in [3.63, 3.8) is 0 Å². The van der Waals surface area contributed by atoms with Crippen molar-refractivity contribution >= 4 is 11.8 Å². The van der Waals surface area contributed by atoms with Crippen LogP contribution in [0.25, 0.3) is 0 Å². The summed E-state index contributed by atoms with van der Waals surface area (Å²) in [5, 5.41) is 0. The van der Waals surface area contributed by atoms with Crippen LogP contribution in [-0.4, -0.2) is 47.3 Å². The molecule has 2 fully saturated rings. The van der Waals surface area contributed by atoms with E-state index in [4.69, 9.17) is 5.73 Å². The molecule has 0 spiro atoms. The van der Waals surface area contributed by atoms with Crippen LogP contribution in [0.2, 0.25) is 0 Å². The molecule has 1 aromatic carbocycles. The van der Waals surface area contributed by atoms with Crippen molar-refractivity contribution in [2.45, 2.75) is 38.3 Å². The first-order valence-electron chi connectivity index (χ1n) is 8.51. The van der Waals surface area contributed by atoms with E-state index in [0.717, 1.165) is 25.9 Å². The van der Waals surface area contributed by atoms with Crippen molar-refractivity contribution in [2.24, 2.45) is 11.7 Å². The molecule has 2 amide bonds. The molecule has 1 unspecified atom stereocenters. The molecule has 2 saturated heterocycles. The van der Waals surface area contributed by atoms with Gasteiger partial charge >= 0.3 is 0 Å². The Labute approximate surface area is 137 Å². The first kappa shape index (κ1) is 16.0. The van der Waals surface area contributed by atoms with Crippen molar-refractivity contribution in [1.29, 1.82) is 0 Å². The third kappa shape index (κ3) is 3.72. The summed E-state index contributed by atoms with van der Waals surface area (Å²) in [6.45, 7) is 3.11. The lowest BCUT2D eigenvalue weighted by molar-refractivity contribution is -0.139. The number of carbonyl (C=O) groups excluding carboxylic acids is 2. The number of nitrogens with zero attached hydrogens (tertiary/aromatic N) is 2.